The number of aldehydes is 1. The molecule has 2 heterocycles. The van der Waals surface area contributed by atoms with Crippen LogP contribution in [0.3, 0.4) is 0 Å². The molecule has 5 heteroatoms. The molecule has 0 saturated heterocycles. The zero-order valence-corrected chi connectivity index (χ0v) is 10.3. The van der Waals surface area contributed by atoms with Crippen LogP contribution in [0.1, 0.15) is 34.5 Å². The Hall–Kier alpha value is -1.91. The van der Waals surface area contributed by atoms with Crippen molar-refractivity contribution in [3.63, 3.8) is 0 Å². The molecule has 0 spiro atoms. The molecule has 0 bridgehead atoms. The van der Waals surface area contributed by atoms with Crippen molar-refractivity contribution < 1.29 is 4.79 Å². The monoisotopic (exact) mass is 232 g/mol. The van der Waals surface area contributed by atoms with Crippen LogP contribution in [0.2, 0.25) is 0 Å². The Bertz CT molecular complexity index is 539. The topological polar surface area (TPSA) is 52.7 Å². The molecule has 0 atom stereocenters. The molecular formula is C12H16N4O. The quantitative estimate of drug-likeness (QED) is 0.752. The maximum Gasteiger partial charge on any atom is 0.153 e. The molecule has 0 fully saturated rings. The minimum Gasteiger partial charge on any atom is -0.334 e. The molecule has 0 aromatic carbocycles. The maximum absolute atomic E-state index is 10.9. The van der Waals surface area contributed by atoms with Crippen molar-refractivity contribution in [2.75, 3.05) is 0 Å². The van der Waals surface area contributed by atoms with Crippen LogP contribution >= 0.6 is 0 Å². The Morgan fingerprint density at radius 1 is 1.41 bits per heavy atom. The van der Waals surface area contributed by atoms with E-state index in [-0.39, 0.29) is 0 Å². The van der Waals surface area contributed by atoms with E-state index in [1.54, 1.807) is 6.20 Å². The number of carbonyl (C=O) groups is 1. The van der Waals surface area contributed by atoms with Crippen molar-refractivity contribution in [3.05, 3.63) is 35.2 Å². The Morgan fingerprint density at radius 2 is 2.18 bits per heavy atom. The lowest BCUT2D eigenvalue weighted by atomic mass is 10.2. The molecule has 0 saturated carbocycles. The van der Waals surface area contributed by atoms with Crippen LogP contribution < -0.4 is 0 Å². The molecular weight excluding hydrogens is 216 g/mol. The Labute approximate surface area is 100 Å². The normalized spacial score (nSPS) is 10.8. The number of imidazole rings is 1. The number of rotatable bonds is 4. The molecule has 0 aliphatic rings. The van der Waals surface area contributed by atoms with Gasteiger partial charge in [0.25, 0.3) is 0 Å². The van der Waals surface area contributed by atoms with E-state index in [2.05, 4.69) is 21.6 Å². The van der Waals surface area contributed by atoms with Gasteiger partial charge in [-0.2, -0.15) is 5.10 Å². The second-order valence-corrected chi connectivity index (χ2v) is 3.99. The first-order chi connectivity index (χ1) is 8.17. The molecule has 0 radical (unpaired) electrons. The van der Waals surface area contributed by atoms with Gasteiger partial charge < -0.3 is 4.57 Å². The summed E-state index contributed by atoms with van der Waals surface area (Å²) in [5, 5.41) is 4.36. The average molecular weight is 232 g/mol. The molecule has 5 nitrogen and oxygen atoms in total. The molecule has 0 aliphatic carbocycles. The second kappa shape index (κ2) is 4.53. The molecule has 90 valence electrons. The van der Waals surface area contributed by atoms with Gasteiger partial charge in [-0.25, -0.2) is 4.98 Å². The van der Waals surface area contributed by atoms with E-state index in [4.69, 9.17) is 0 Å². The van der Waals surface area contributed by atoms with Crippen molar-refractivity contribution in [1.82, 2.24) is 19.3 Å². The second-order valence-electron chi connectivity index (χ2n) is 3.99. The summed E-state index contributed by atoms with van der Waals surface area (Å²) in [5.41, 5.74) is 2.34. The van der Waals surface area contributed by atoms with E-state index < -0.39 is 0 Å². The van der Waals surface area contributed by atoms with E-state index >= 15 is 0 Å². The van der Waals surface area contributed by atoms with Crippen molar-refractivity contribution in [2.24, 2.45) is 0 Å². The van der Waals surface area contributed by atoms with Gasteiger partial charge in [-0.05, 0) is 20.8 Å². The highest BCUT2D eigenvalue weighted by atomic mass is 16.1. The number of hydrogen-bond acceptors (Lipinski definition) is 3. The van der Waals surface area contributed by atoms with Crippen molar-refractivity contribution in [2.45, 2.75) is 33.9 Å². The highest BCUT2D eigenvalue weighted by molar-refractivity contribution is 5.78. The van der Waals surface area contributed by atoms with E-state index in [1.807, 2.05) is 24.7 Å². The first-order valence-electron chi connectivity index (χ1n) is 5.66. The Kier molecular flexibility index (Phi) is 3.08. The van der Waals surface area contributed by atoms with Crippen LogP contribution in [0.5, 0.6) is 0 Å². The number of aromatic nitrogens is 4. The van der Waals surface area contributed by atoms with Gasteiger partial charge in [0.1, 0.15) is 5.82 Å². The predicted octanol–water partition coefficient (Wildman–Crippen LogP) is 1.58. The summed E-state index contributed by atoms with van der Waals surface area (Å²) >= 11 is 0. The molecule has 2 rings (SSSR count). The third-order valence-corrected chi connectivity index (χ3v) is 2.99. The summed E-state index contributed by atoms with van der Waals surface area (Å²) in [6.07, 6.45) is 4.59. The summed E-state index contributed by atoms with van der Waals surface area (Å²) in [7, 11) is 0. The summed E-state index contributed by atoms with van der Waals surface area (Å²) in [4.78, 5) is 15.2. The first kappa shape index (κ1) is 11.6. The number of nitrogens with zero attached hydrogens (tertiary/aromatic N) is 4. The van der Waals surface area contributed by atoms with E-state index in [0.717, 1.165) is 30.0 Å². The lowest BCUT2D eigenvalue weighted by molar-refractivity contribution is 0.112. The lowest BCUT2D eigenvalue weighted by Gasteiger charge is -2.06. The van der Waals surface area contributed by atoms with Crippen LogP contribution in [-0.4, -0.2) is 25.6 Å². The zero-order chi connectivity index (χ0) is 12.4. The van der Waals surface area contributed by atoms with Gasteiger partial charge in [0, 0.05) is 24.6 Å². The molecule has 17 heavy (non-hydrogen) atoms. The summed E-state index contributed by atoms with van der Waals surface area (Å²) in [6.45, 7) is 7.31. The molecule has 0 unspecified atom stereocenters. The molecule has 0 N–H and O–H groups in total. The minimum absolute atomic E-state index is 0.599. The first-order valence-corrected chi connectivity index (χ1v) is 5.66. The van der Waals surface area contributed by atoms with Crippen molar-refractivity contribution in [1.29, 1.82) is 0 Å². The maximum atomic E-state index is 10.9. The van der Waals surface area contributed by atoms with Crippen LogP contribution in [-0.2, 0) is 13.1 Å². The van der Waals surface area contributed by atoms with Gasteiger partial charge in [-0.15, -0.1) is 0 Å². The van der Waals surface area contributed by atoms with E-state index in [9.17, 15) is 4.79 Å². The minimum atomic E-state index is 0.599. The van der Waals surface area contributed by atoms with Gasteiger partial charge in [0.15, 0.2) is 6.29 Å². The highest BCUT2D eigenvalue weighted by Crippen LogP contribution is 2.12. The Morgan fingerprint density at radius 3 is 2.76 bits per heavy atom. The highest BCUT2D eigenvalue weighted by Gasteiger charge is 2.12. The lowest BCUT2D eigenvalue weighted by Crippen LogP contribution is -2.10. The SMILES string of the molecule is CCn1ccnc1Cn1nc(C)c(C=O)c1C. The van der Waals surface area contributed by atoms with Crippen molar-refractivity contribution in [3.8, 4) is 0 Å². The molecule has 0 amide bonds. The smallest absolute Gasteiger partial charge is 0.153 e. The fraction of sp³-hybridized carbons (Fsp3) is 0.417. The molecule has 0 aliphatic heterocycles. The fourth-order valence-corrected chi connectivity index (χ4v) is 1.95. The predicted molar refractivity (Wildman–Crippen MR) is 64.1 cm³/mol. The number of aryl methyl sites for hydroxylation is 2. The third kappa shape index (κ3) is 2.00. The third-order valence-electron chi connectivity index (χ3n) is 2.99. The van der Waals surface area contributed by atoms with Crippen LogP contribution in [0.25, 0.3) is 0 Å². The summed E-state index contributed by atoms with van der Waals surface area (Å²) in [5.74, 6) is 0.954. The van der Waals surface area contributed by atoms with Gasteiger partial charge in [-0.3, -0.25) is 9.48 Å². The van der Waals surface area contributed by atoms with Crippen LogP contribution in [0, 0.1) is 13.8 Å². The molecule has 2 aromatic rings. The van der Waals surface area contributed by atoms with Crippen LogP contribution in [0.4, 0.5) is 0 Å². The zero-order valence-electron chi connectivity index (χ0n) is 10.3. The van der Waals surface area contributed by atoms with Crippen LogP contribution in [0.15, 0.2) is 12.4 Å². The molecule has 2 aromatic heterocycles. The summed E-state index contributed by atoms with van der Waals surface area (Å²) < 4.78 is 3.89. The average Bonchev–Trinajstić information content (AvgIpc) is 2.85. The fourth-order valence-electron chi connectivity index (χ4n) is 1.95. The number of carbonyl (C=O) groups excluding carboxylic acids is 1. The van der Waals surface area contributed by atoms with E-state index in [0.29, 0.717) is 12.1 Å². The van der Waals surface area contributed by atoms with E-state index in [1.165, 1.54) is 0 Å². The van der Waals surface area contributed by atoms with Gasteiger partial charge in [0.2, 0.25) is 0 Å². The van der Waals surface area contributed by atoms with Gasteiger partial charge in [-0.1, -0.05) is 0 Å². The Balaban J connectivity index is 2.33. The van der Waals surface area contributed by atoms with Crippen molar-refractivity contribution >= 4 is 6.29 Å². The largest absolute Gasteiger partial charge is 0.334 e. The number of hydrogen-bond donors (Lipinski definition) is 0. The van der Waals surface area contributed by atoms with Gasteiger partial charge in [0.05, 0.1) is 17.8 Å². The standard InChI is InChI=1S/C12H16N4O/c1-4-15-6-5-13-12(15)7-16-10(3)11(8-17)9(2)14-16/h5-6,8H,4,7H2,1-3H3. The van der Waals surface area contributed by atoms with Gasteiger partial charge >= 0.3 is 0 Å². The summed E-state index contributed by atoms with van der Waals surface area (Å²) in [6, 6.07) is 0.